The fourth-order valence-corrected chi connectivity index (χ4v) is 2.25. The molecule has 2 rings (SSSR count). The lowest BCUT2D eigenvalue weighted by Crippen LogP contribution is -2.07. The Bertz CT molecular complexity index is 712. The molecule has 0 spiro atoms. The molecule has 0 radical (unpaired) electrons. The molecule has 2 aromatic carbocycles. The molecule has 0 saturated heterocycles. The van der Waals surface area contributed by atoms with Crippen molar-refractivity contribution < 1.29 is 9.53 Å². The molecule has 0 bridgehead atoms. The average Bonchev–Trinajstić information content (AvgIpc) is 2.58. The van der Waals surface area contributed by atoms with Crippen LogP contribution in [0.1, 0.15) is 25.3 Å². The summed E-state index contributed by atoms with van der Waals surface area (Å²) in [5.41, 5.74) is 1.51. The minimum atomic E-state index is -0.222. The van der Waals surface area contributed by atoms with Crippen molar-refractivity contribution in [3.05, 3.63) is 64.1 Å². The van der Waals surface area contributed by atoms with Gasteiger partial charge in [0.05, 0.1) is 16.7 Å². The first-order valence-corrected chi connectivity index (χ1v) is 8.51. The number of hydrogen-bond donors (Lipinski definition) is 1. The monoisotopic (exact) mass is 363 g/mol. The maximum atomic E-state index is 11.9. The van der Waals surface area contributed by atoms with Gasteiger partial charge < -0.3 is 10.1 Å². The molecule has 0 saturated carbocycles. The molecule has 0 aliphatic heterocycles. The zero-order valence-electron chi connectivity index (χ0n) is 13.4. The third-order valence-electron chi connectivity index (χ3n) is 3.26. The van der Waals surface area contributed by atoms with Gasteiger partial charge in [-0.3, -0.25) is 4.79 Å². The molecule has 0 aliphatic carbocycles. The Hall–Kier alpha value is -1.97. The number of benzene rings is 2. The van der Waals surface area contributed by atoms with Crippen LogP contribution in [0, 0.1) is 0 Å². The fourth-order valence-electron chi connectivity index (χ4n) is 1.94. The van der Waals surface area contributed by atoms with E-state index in [0.29, 0.717) is 22.3 Å². The lowest BCUT2D eigenvalue weighted by Gasteiger charge is -2.07. The summed E-state index contributed by atoms with van der Waals surface area (Å²) in [7, 11) is 0. The Morgan fingerprint density at radius 3 is 2.54 bits per heavy atom. The van der Waals surface area contributed by atoms with Crippen molar-refractivity contribution in [2.24, 2.45) is 0 Å². The lowest BCUT2D eigenvalue weighted by atomic mass is 10.2. The number of rotatable bonds is 7. The molecule has 0 atom stereocenters. The Morgan fingerprint density at radius 2 is 1.88 bits per heavy atom. The molecule has 0 heterocycles. The van der Waals surface area contributed by atoms with Gasteiger partial charge in [-0.1, -0.05) is 42.6 Å². The standard InChI is InChI=1S/C19H19Cl2NO2/c1-2-3-12-24-16-8-6-15(7-9-16)22-19(23)11-5-14-4-10-17(20)18(21)13-14/h4-11,13H,2-3,12H2,1H3,(H,22,23)/b11-5+. The van der Waals surface area contributed by atoms with Crippen molar-refractivity contribution in [1.82, 2.24) is 0 Å². The molecule has 2 aromatic rings. The molecular weight excluding hydrogens is 345 g/mol. The summed E-state index contributed by atoms with van der Waals surface area (Å²) in [6.45, 7) is 2.82. The van der Waals surface area contributed by atoms with E-state index in [2.05, 4.69) is 12.2 Å². The Morgan fingerprint density at radius 1 is 1.12 bits per heavy atom. The summed E-state index contributed by atoms with van der Waals surface area (Å²) in [5.74, 6) is 0.577. The van der Waals surface area contributed by atoms with Crippen molar-refractivity contribution >= 4 is 40.9 Å². The Labute approximate surface area is 152 Å². The van der Waals surface area contributed by atoms with E-state index in [9.17, 15) is 4.79 Å². The maximum Gasteiger partial charge on any atom is 0.248 e. The van der Waals surface area contributed by atoms with Crippen LogP contribution in [-0.4, -0.2) is 12.5 Å². The van der Waals surface area contributed by atoms with Crippen molar-refractivity contribution in [3.8, 4) is 5.75 Å². The molecule has 1 amide bonds. The molecule has 0 aliphatic rings. The molecule has 5 heteroatoms. The van der Waals surface area contributed by atoms with Crippen molar-refractivity contribution in [3.63, 3.8) is 0 Å². The summed E-state index contributed by atoms with van der Waals surface area (Å²) in [6.07, 6.45) is 5.25. The van der Waals surface area contributed by atoms with Crippen LogP contribution in [0.25, 0.3) is 6.08 Å². The van der Waals surface area contributed by atoms with E-state index < -0.39 is 0 Å². The zero-order chi connectivity index (χ0) is 17.4. The van der Waals surface area contributed by atoms with Crippen molar-refractivity contribution in [2.75, 3.05) is 11.9 Å². The topological polar surface area (TPSA) is 38.3 Å². The van der Waals surface area contributed by atoms with Crippen LogP contribution in [-0.2, 0) is 4.79 Å². The average molecular weight is 364 g/mol. The van der Waals surface area contributed by atoms with Crippen molar-refractivity contribution in [2.45, 2.75) is 19.8 Å². The number of ether oxygens (including phenoxy) is 1. The highest BCUT2D eigenvalue weighted by Crippen LogP contribution is 2.23. The van der Waals surface area contributed by atoms with Gasteiger partial charge in [0.1, 0.15) is 5.75 Å². The van der Waals surface area contributed by atoms with Crippen LogP contribution in [0.3, 0.4) is 0 Å². The van der Waals surface area contributed by atoms with Gasteiger partial charge in [-0.05, 0) is 54.5 Å². The first-order chi connectivity index (χ1) is 11.6. The van der Waals surface area contributed by atoms with E-state index in [0.717, 1.165) is 24.2 Å². The number of nitrogens with one attached hydrogen (secondary N) is 1. The molecule has 0 unspecified atom stereocenters. The first-order valence-electron chi connectivity index (χ1n) is 7.75. The van der Waals surface area contributed by atoms with Gasteiger partial charge in [0, 0.05) is 11.8 Å². The van der Waals surface area contributed by atoms with E-state index in [4.69, 9.17) is 27.9 Å². The molecule has 126 valence electrons. The second-order valence-corrected chi connectivity index (χ2v) is 6.04. The van der Waals surface area contributed by atoms with Crippen LogP contribution < -0.4 is 10.1 Å². The number of halogens is 2. The second kappa shape index (κ2) is 9.36. The van der Waals surface area contributed by atoms with E-state index in [1.165, 1.54) is 6.08 Å². The van der Waals surface area contributed by atoms with Crippen LogP contribution in [0.4, 0.5) is 5.69 Å². The van der Waals surface area contributed by atoms with Gasteiger partial charge in [-0.25, -0.2) is 0 Å². The highest BCUT2D eigenvalue weighted by atomic mass is 35.5. The van der Waals surface area contributed by atoms with Gasteiger partial charge >= 0.3 is 0 Å². The molecule has 0 aromatic heterocycles. The third-order valence-corrected chi connectivity index (χ3v) is 4.00. The number of anilines is 1. The summed E-state index contributed by atoms with van der Waals surface area (Å²) >= 11 is 11.8. The van der Waals surface area contributed by atoms with E-state index in [-0.39, 0.29) is 5.91 Å². The molecular formula is C19H19Cl2NO2. The van der Waals surface area contributed by atoms with E-state index >= 15 is 0 Å². The van der Waals surface area contributed by atoms with Gasteiger partial charge in [0.25, 0.3) is 0 Å². The minimum absolute atomic E-state index is 0.222. The van der Waals surface area contributed by atoms with Crippen LogP contribution >= 0.6 is 23.2 Å². The Kier molecular flexibility index (Phi) is 7.16. The predicted molar refractivity (Wildman–Crippen MR) is 101 cm³/mol. The maximum absolute atomic E-state index is 11.9. The largest absolute Gasteiger partial charge is 0.494 e. The number of hydrogen-bond acceptors (Lipinski definition) is 2. The summed E-state index contributed by atoms with van der Waals surface area (Å²) in [4.78, 5) is 11.9. The molecule has 3 nitrogen and oxygen atoms in total. The van der Waals surface area contributed by atoms with Gasteiger partial charge in [-0.2, -0.15) is 0 Å². The zero-order valence-corrected chi connectivity index (χ0v) is 14.9. The second-order valence-electron chi connectivity index (χ2n) is 5.22. The van der Waals surface area contributed by atoms with Gasteiger partial charge in [0.15, 0.2) is 0 Å². The van der Waals surface area contributed by atoms with Crippen molar-refractivity contribution in [1.29, 1.82) is 0 Å². The van der Waals surface area contributed by atoms with E-state index in [1.807, 2.05) is 24.3 Å². The third kappa shape index (κ3) is 5.91. The number of amides is 1. The summed E-state index contributed by atoms with van der Waals surface area (Å²) in [5, 5.41) is 3.73. The van der Waals surface area contributed by atoms with Gasteiger partial charge in [-0.15, -0.1) is 0 Å². The highest BCUT2D eigenvalue weighted by Gasteiger charge is 2.01. The van der Waals surface area contributed by atoms with Gasteiger partial charge in [0.2, 0.25) is 5.91 Å². The molecule has 24 heavy (non-hydrogen) atoms. The van der Waals surface area contributed by atoms with Crippen LogP contribution in [0.2, 0.25) is 10.0 Å². The summed E-state index contributed by atoms with van der Waals surface area (Å²) in [6, 6.07) is 12.5. The quantitative estimate of drug-likeness (QED) is 0.496. The lowest BCUT2D eigenvalue weighted by molar-refractivity contribution is -0.111. The van der Waals surface area contributed by atoms with E-state index in [1.54, 1.807) is 24.3 Å². The minimum Gasteiger partial charge on any atom is -0.494 e. The smallest absolute Gasteiger partial charge is 0.248 e. The number of carbonyl (C=O) groups excluding carboxylic acids is 1. The van der Waals surface area contributed by atoms with Crippen LogP contribution in [0.15, 0.2) is 48.5 Å². The SMILES string of the molecule is CCCCOc1ccc(NC(=O)/C=C/c2ccc(Cl)c(Cl)c2)cc1. The Balaban J connectivity index is 1.89. The normalized spacial score (nSPS) is 10.8. The predicted octanol–water partition coefficient (Wildman–Crippen LogP) is 5.82. The number of carbonyl (C=O) groups is 1. The van der Waals surface area contributed by atoms with Crippen LogP contribution in [0.5, 0.6) is 5.75 Å². The molecule has 0 fully saturated rings. The highest BCUT2D eigenvalue weighted by molar-refractivity contribution is 6.42. The first kappa shape index (κ1) is 18.4. The summed E-state index contributed by atoms with van der Waals surface area (Å²) < 4.78 is 5.58. The number of unbranched alkanes of at least 4 members (excludes halogenated alkanes) is 1. The molecule has 1 N–H and O–H groups in total. The fraction of sp³-hybridized carbons (Fsp3) is 0.211.